The van der Waals surface area contributed by atoms with Crippen LogP contribution in [0.25, 0.3) is 0 Å². The van der Waals surface area contributed by atoms with Crippen LogP contribution in [0, 0.1) is 0 Å². The van der Waals surface area contributed by atoms with E-state index in [0.29, 0.717) is 5.56 Å². The largest absolute Gasteiger partial charge is 0.508 e. The number of hydrogen-bond donors (Lipinski definition) is 3. The van der Waals surface area contributed by atoms with Gasteiger partial charge in [-0.05, 0) is 52.0 Å². The van der Waals surface area contributed by atoms with E-state index in [4.69, 9.17) is 5.11 Å². The number of phenols is 1. The minimum absolute atomic E-state index is 0.0927. The lowest BCUT2D eigenvalue weighted by molar-refractivity contribution is -0.124. The van der Waals surface area contributed by atoms with E-state index in [9.17, 15) is 9.59 Å². The first-order valence-electron chi connectivity index (χ1n) is 6.11. The summed E-state index contributed by atoms with van der Waals surface area (Å²) in [5.74, 6) is -0.494. The number of carbonyl (C=O) groups is 2. The van der Waals surface area contributed by atoms with E-state index in [0.717, 1.165) is 0 Å². The second kappa shape index (κ2) is 5.73. The van der Waals surface area contributed by atoms with Gasteiger partial charge in [0, 0.05) is 11.1 Å². The predicted molar refractivity (Wildman–Crippen MR) is 72.9 cm³/mol. The molecule has 104 valence electrons. The highest BCUT2D eigenvalue weighted by molar-refractivity contribution is 5.97. The third kappa shape index (κ3) is 4.99. The summed E-state index contributed by atoms with van der Waals surface area (Å²) < 4.78 is 0. The molecular weight excluding hydrogens is 244 g/mol. The number of rotatable bonds is 3. The lowest BCUT2D eigenvalue weighted by Gasteiger charge is -2.23. The monoisotopic (exact) mass is 264 g/mol. The van der Waals surface area contributed by atoms with Gasteiger partial charge >= 0.3 is 0 Å². The summed E-state index contributed by atoms with van der Waals surface area (Å²) in [6.45, 7) is 7.25. The molecule has 3 N–H and O–H groups in total. The van der Waals surface area contributed by atoms with Crippen molar-refractivity contribution in [1.82, 2.24) is 10.6 Å². The van der Waals surface area contributed by atoms with Crippen LogP contribution in [-0.4, -0.2) is 28.5 Å². The smallest absolute Gasteiger partial charge is 0.251 e. The standard InChI is InChI=1S/C14H20N2O3/c1-9(12(18)16-14(2,3)4)15-13(19)10-5-7-11(17)8-6-10/h5-9,17H,1-4H3,(H,15,19)(H,16,18). The highest BCUT2D eigenvalue weighted by Crippen LogP contribution is 2.09. The van der Waals surface area contributed by atoms with Crippen LogP contribution in [0.3, 0.4) is 0 Å². The minimum Gasteiger partial charge on any atom is -0.508 e. The lowest BCUT2D eigenvalue weighted by atomic mass is 10.1. The Morgan fingerprint density at radius 2 is 1.68 bits per heavy atom. The van der Waals surface area contributed by atoms with Crippen LogP contribution in [0.1, 0.15) is 38.1 Å². The molecule has 0 fully saturated rings. The molecule has 0 spiro atoms. The van der Waals surface area contributed by atoms with Crippen molar-refractivity contribution in [1.29, 1.82) is 0 Å². The number of hydrogen-bond acceptors (Lipinski definition) is 3. The maximum absolute atomic E-state index is 11.9. The summed E-state index contributed by atoms with van der Waals surface area (Å²) >= 11 is 0. The molecule has 1 rings (SSSR count). The molecule has 5 heteroatoms. The summed E-state index contributed by atoms with van der Waals surface area (Å²) in [7, 11) is 0. The molecule has 0 aliphatic heterocycles. The second-order valence-corrected chi connectivity index (χ2v) is 5.48. The van der Waals surface area contributed by atoms with Gasteiger partial charge in [0.05, 0.1) is 0 Å². The molecule has 0 aliphatic rings. The third-order valence-corrected chi connectivity index (χ3v) is 2.37. The predicted octanol–water partition coefficient (Wildman–Crippen LogP) is 1.43. The molecule has 1 aromatic rings. The molecule has 0 aromatic heterocycles. The van der Waals surface area contributed by atoms with E-state index in [2.05, 4.69) is 10.6 Å². The zero-order valence-electron chi connectivity index (χ0n) is 11.7. The van der Waals surface area contributed by atoms with Crippen molar-refractivity contribution in [3.05, 3.63) is 29.8 Å². The minimum atomic E-state index is -0.625. The van der Waals surface area contributed by atoms with Gasteiger partial charge in [-0.2, -0.15) is 0 Å². The Balaban J connectivity index is 2.61. The van der Waals surface area contributed by atoms with Crippen LogP contribution in [0.15, 0.2) is 24.3 Å². The first kappa shape index (κ1) is 15.0. The van der Waals surface area contributed by atoms with E-state index in [-0.39, 0.29) is 23.1 Å². The van der Waals surface area contributed by atoms with Gasteiger partial charge in [0.1, 0.15) is 11.8 Å². The molecule has 0 saturated carbocycles. The fourth-order valence-corrected chi connectivity index (χ4v) is 1.44. The normalized spacial score (nSPS) is 12.6. The molecule has 0 radical (unpaired) electrons. The van der Waals surface area contributed by atoms with E-state index in [1.165, 1.54) is 24.3 Å². The molecule has 0 heterocycles. The quantitative estimate of drug-likeness (QED) is 0.772. The van der Waals surface area contributed by atoms with Gasteiger partial charge in [-0.25, -0.2) is 0 Å². The van der Waals surface area contributed by atoms with Crippen molar-refractivity contribution in [2.24, 2.45) is 0 Å². The number of amides is 2. The zero-order chi connectivity index (χ0) is 14.6. The molecule has 19 heavy (non-hydrogen) atoms. The average molecular weight is 264 g/mol. The zero-order valence-corrected chi connectivity index (χ0v) is 11.7. The van der Waals surface area contributed by atoms with Crippen LogP contribution < -0.4 is 10.6 Å². The molecule has 5 nitrogen and oxygen atoms in total. The fourth-order valence-electron chi connectivity index (χ4n) is 1.44. The van der Waals surface area contributed by atoms with Crippen molar-refractivity contribution in [2.45, 2.75) is 39.3 Å². The van der Waals surface area contributed by atoms with Gasteiger partial charge in [-0.15, -0.1) is 0 Å². The van der Waals surface area contributed by atoms with E-state index in [1.807, 2.05) is 20.8 Å². The Labute approximate surface area is 113 Å². The van der Waals surface area contributed by atoms with Gasteiger partial charge < -0.3 is 15.7 Å². The average Bonchev–Trinajstić information content (AvgIpc) is 2.27. The Kier molecular flexibility index (Phi) is 4.53. The lowest BCUT2D eigenvalue weighted by Crippen LogP contribution is -2.50. The molecule has 1 unspecified atom stereocenters. The maximum Gasteiger partial charge on any atom is 0.251 e. The highest BCUT2D eigenvalue weighted by atomic mass is 16.3. The topological polar surface area (TPSA) is 78.4 Å². The summed E-state index contributed by atoms with van der Waals surface area (Å²) in [5.41, 5.74) is 0.0578. The maximum atomic E-state index is 11.9. The van der Waals surface area contributed by atoms with Crippen molar-refractivity contribution in [3.8, 4) is 5.75 Å². The second-order valence-electron chi connectivity index (χ2n) is 5.48. The molecule has 0 saturated heterocycles. The van der Waals surface area contributed by atoms with E-state index < -0.39 is 6.04 Å². The molecular formula is C14H20N2O3. The van der Waals surface area contributed by atoms with Crippen molar-refractivity contribution in [2.75, 3.05) is 0 Å². The van der Waals surface area contributed by atoms with E-state index in [1.54, 1.807) is 6.92 Å². The van der Waals surface area contributed by atoms with Crippen LogP contribution in [-0.2, 0) is 4.79 Å². The third-order valence-electron chi connectivity index (χ3n) is 2.37. The summed E-state index contributed by atoms with van der Waals surface area (Å²) in [6, 6.07) is 5.22. The first-order valence-corrected chi connectivity index (χ1v) is 6.11. The summed E-state index contributed by atoms with van der Waals surface area (Å²) in [4.78, 5) is 23.7. The summed E-state index contributed by atoms with van der Waals surface area (Å²) in [5, 5.41) is 14.5. The van der Waals surface area contributed by atoms with Gasteiger partial charge in [-0.1, -0.05) is 0 Å². The first-order chi connectivity index (χ1) is 8.69. The molecule has 0 aliphatic carbocycles. The molecule has 1 atom stereocenters. The van der Waals surface area contributed by atoms with Gasteiger partial charge in [0.15, 0.2) is 0 Å². The molecule has 0 bridgehead atoms. The Morgan fingerprint density at radius 1 is 1.16 bits per heavy atom. The van der Waals surface area contributed by atoms with Crippen LogP contribution in [0.4, 0.5) is 0 Å². The van der Waals surface area contributed by atoms with Gasteiger partial charge in [-0.3, -0.25) is 9.59 Å². The SMILES string of the molecule is CC(NC(=O)c1ccc(O)cc1)C(=O)NC(C)(C)C. The number of nitrogens with one attached hydrogen (secondary N) is 2. The van der Waals surface area contributed by atoms with Gasteiger partial charge in [0.25, 0.3) is 5.91 Å². The highest BCUT2D eigenvalue weighted by Gasteiger charge is 2.20. The van der Waals surface area contributed by atoms with Crippen LogP contribution in [0.2, 0.25) is 0 Å². The van der Waals surface area contributed by atoms with Crippen molar-refractivity contribution < 1.29 is 14.7 Å². The van der Waals surface area contributed by atoms with Crippen molar-refractivity contribution >= 4 is 11.8 Å². The number of benzene rings is 1. The Hall–Kier alpha value is -2.04. The molecule has 1 aromatic carbocycles. The Morgan fingerprint density at radius 3 is 2.16 bits per heavy atom. The summed E-state index contributed by atoms with van der Waals surface area (Å²) in [6.07, 6.45) is 0. The van der Waals surface area contributed by atoms with Gasteiger partial charge in [0.2, 0.25) is 5.91 Å². The fraction of sp³-hybridized carbons (Fsp3) is 0.429. The number of phenolic OH excluding ortho intramolecular Hbond substituents is 1. The van der Waals surface area contributed by atoms with E-state index >= 15 is 0 Å². The number of aromatic hydroxyl groups is 1. The Bertz CT molecular complexity index is 461. The van der Waals surface area contributed by atoms with Crippen LogP contribution in [0.5, 0.6) is 5.75 Å². The van der Waals surface area contributed by atoms with Crippen molar-refractivity contribution in [3.63, 3.8) is 0 Å². The number of carbonyl (C=O) groups excluding carboxylic acids is 2. The molecule has 2 amide bonds. The van der Waals surface area contributed by atoms with Crippen LogP contribution >= 0.6 is 0 Å².